The van der Waals surface area contributed by atoms with Crippen LogP contribution in [-0.4, -0.2) is 48.3 Å². The number of anilines is 1. The highest BCUT2D eigenvalue weighted by atomic mass is 35.5. The number of fused-ring (bicyclic) bond motifs is 1. The van der Waals surface area contributed by atoms with Crippen molar-refractivity contribution in [3.8, 4) is 0 Å². The maximum absolute atomic E-state index is 11.8. The van der Waals surface area contributed by atoms with E-state index >= 15 is 0 Å². The summed E-state index contributed by atoms with van der Waals surface area (Å²) in [5.74, 6) is 1.07. The molecule has 128 valence electrons. The van der Waals surface area contributed by atoms with Gasteiger partial charge in [0, 0.05) is 25.3 Å². The highest BCUT2D eigenvalue weighted by molar-refractivity contribution is 7.89. The van der Waals surface area contributed by atoms with Crippen molar-refractivity contribution in [1.29, 1.82) is 0 Å². The van der Waals surface area contributed by atoms with Crippen molar-refractivity contribution < 1.29 is 8.42 Å². The molecule has 1 aliphatic rings. The van der Waals surface area contributed by atoms with Gasteiger partial charge in [-0.15, -0.1) is 12.4 Å². The summed E-state index contributed by atoms with van der Waals surface area (Å²) in [6.07, 6.45) is 5.63. The second-order valence-electron chi connectivity index (χ2n) is 5.81. The molecule has 0 bridgehead atoms. The quantitative estimate of drug-likeness (QED) is 0.818. The number of nitrogens with one attached hydrogen (secondary N) is 2. The van der Waals surface area contributed by atoms with Gasteiger partial charge in [0.15, 0.2) is 0 Å². The Morgan fingerprint density at radius 2 is 2.13 bits per heavy atom. The van der Waals surface area contributed by atoms with E-state index in [1.54, 1.807) is 6.33 Å². The van der Waals surface area contributed by atoms with Gasteiger partial charge in [0.2, 0.25) is 10.0 Å². The predicted molar refractivity (Wildman–Crippen MR) is 93.6 cm³/mol. The number of rotatable bonds is 6. The lowest BCUT2D eigenvalue weighted by atomic mass is 9.86. The largest absolute Gasteiger partial charge is 0.356 e. The lowest BCUT2D eigenvalue weighted by Crippen LogP contribution is -2.53. The molecule has 2 aromatic rings. The molecular formula is C14H22ClN5O2S. The molecule has 3 rings (SSSR count). The van der Waals surface area contributed by atoms with Crippen molar-refractivity contribution in [2.45, 2.75) is 38.3 Å². The minimum atomic E-state index is -3.13. The summed E-state index contributed by atoms with van der Waals surface area (Å²) in [7, 11) is -1.13. The van der Waals surface area contributed by atoms with Gasteiger partial charge in [0.25, 0.3) is 0 Å². The van der Waals surface area contributed by atoms with Gasteiger partial charge in [-0.3, -0.25) is 0 Å². The van der Waals surface area contributed by atoms with E-state index in [9.17, 15) is 8.42 Å². The lowest BCUT2D eigenvalue weighted by molar-refractivity contribution is 0.316. The predicted octanol–water partition coefficient (Wildman–Crippen LogP) is 1.68. The Morgan fingerprint density at radius 1 is 1.39 bits per heavy atom. The van der Waals surface area contributed by atoms with Gasteiger partial charge in [-0.1, -0.05) is 6.92 Å². The van der Waals surface area contributed by atoms with Crippen LogP contribution in [0.1, 0.15) is 26.2 Å². The zero-order valence-electron chi connectivity index (χ0n) is 13.2. The van der Waals surface area contributed by atoms with E-state index in [0.717, 1.165) is 29.7 Å². The van der Waals surface area contributed by atoms with Gasteiger partial charge >= 0.3 is 0 Å². The van der Waals surface area contributed by atoms with E-state index in [1.165, 1.54) is 0 Å². The molecule has 2 heterocycles. The minimum absolute atomic E-state index is 0. The Balaban J connectivity index is 0.00000192. The molecule has 0 aliphatic heterocycles. The van der Waals surface area contributed by atoms with E-state index in [2.05, 4.69) is 24.6 Å². The second kappa shape index (κ2) is 7.02. The van der Waals surface area contributed by atoms with E-state index in [1.807, 2.05) is 26.2 Å². The van der Waals surface area contributed by atoms with Crippen molar-refractivity contribution in [3.63, 3.8) is 0 Å². The first-order valence-corrected chi connectivity index (χ1v) is 9.16. The standard InChI is InChI=1S/C14H21N5O2S.ClH/c1-3-6-22(20,21)18-10-7-11(8-10)19(2)14-12-4-5-15-13(12)16-9-17-14;/h4-5,9-11,18H,3,6-8H2,1-2H3,(H,15,16,17);1H. The van der Waals surface area contributed by atoms with Gasteiger partial charge < -0.3 is 9.88 Å². The second-order valence-corrected chi connectivity index (χ2v) is 7.68. The number of H-pyrrole nitrogens is 1. The van der Waals surface area contributed by atoms with Gasteiger partial charge in [-0.25, -0.2) is 23.1 Å². The fourth-order valence-corrected chi connectivity index (χ4v) is 4.25. The monoisotopic (exact) mass is 359 g/mol. The molecule has 0 radical (unpaired) electrons. The third kappa shape index (κ3) is 3.76. The SMILES string of the molecule is CCCS(=O)(=O)NC1CC(N(C)c2ncnc3[nH]ccc23)C1.Cl. The van der Waals surface area contributed by atoms with Crippen LogP contribution >= 0.6 is 12.4 Å². The average Bonchev–Trinajstić information content (AvgIpc) is 2.89. The van der Waals surface area contributed by atoms with E-state index < -0.39 is 10.0 Å². The third-order valence-corrected chi connectivity index (χ3v) is 5.79. The van der Waals surface area contributed by atoms with Crippen LogP contribution in [0.3, 0.4) is 0 Å². The number of hydrogen-bond donors (Lipinski definition) is 2. The molecule has 23 heavy (non-hydrogen) atoms. The molecule has 7 nitrogen and oxygen atoms in total. The smallest absolute Gasteiger partial charge is 0.211 e. The summed E-state index contributed by atoms with van der Waals surface area (Å²) in [4.78, 5) is 13.7. The molecule has 0 amide bonds. The lowest BCUT2D eigenvalue weighted by Gasteiger charge is -2.41. The zero-order valence-corrected chi connectivity index (χ0v) is 14.8. The summed E-state index contributed by atoms with van der Waals surface area (Å²) in [6.45, 7) is 1.87. The van der Waals surface area contributed by atoms with Crippen LogP contribution < -0.4 is 9.62 Å². The Morgan fingerprint density at radius 3 is 2.83 bits per heavy atom. The summed E-state index contributed by atoms with van der Waals surface area (Å²) in [5.41, 5.74) is 0.816. The zero-order chi connectivity index (χ0) is 15.7. The van der Waals surface area contributed by atoms with Crippen LogP contribution in [0.2, 0.25) is 0 Å². The summed E-state index contributed by atoms with van der Waals surface area (Å²) >= 11 is 0. The molecule has 1 aliphatic carbocycles. The molecule has 0 atom stereocenters. The first-order chi connectivity index (χ1) is 10.5. The van der Waals surface area contributed by atoms with E-state index in [-0.39, 0.29) is 24.2 Å². The Hall–Kier alpha value is -1.38. The van der Waals surface area contributed by atoms with Crippen molar-refractivity contribution in [1.82, 2.24) is 19.7 Å². The minimum Gasteiger partial charge on any atom is -0.356 e. The number of aromatic nitrogens is 3. The van der Waals surface area contributed by atoms with Gasteiger partial charge in [0.05, 0.1) is 11.1 Å². The maximum atomic E-state index is 11.8. The highest BCUT2D eigenvalue weighted by Crippen LogP contribution is 2.31. The summed E-state index contributed by atoms with van der Waals surface area (Å²) in [6, 6.07) is 2.29. The van der Waals surface area contributed by atoms with Crippen LogP contribution in [0.5, 0.6) is 0 Å². The Labute approximate surface area is 142 Å². The van der Waals surface area contributed by atoms with Crippen molar-refractivity contribution in [3.05, 3.63) is 18.6 Å². The number of nitrogens with zero attached hydrogens (tertiary/aromatic N) is 3. The van der Waals surface area contributed by atoms with Crippen LogP contribution in [-0.2, 0) is 10.0 Å². The molecule has 2 N–H and O–H groups in total. The van der Waals surface area contributed by atoms with Gasteiger partial charge in [-0.2, -0.15) is 0 Å². The summed E-state index contributed by atoms with van der Waals surface area (Å²) in [5, 5.41) is 0.986. The fraction of sp³-hybridized carbons (Fsp3) is 0.571. The van der Waals surface area contributed by atoms with Gasteiger partial charge in [0.1, 0.15) is 17.8 Å². The maximum Gasteiger partial charge on any atom is 0.211 e. The van der Waals surface area contributed by atoms with Crippen LogP contribution in [0.15, 0.2) is 18.6 Å². The van der Waals surface area contributed by atoms with Crippen molar-refractivity contribution in [2.24, 2.45) is 0 Å². The van der Waals surface area contributed by atoms with Crippen molar-refractivity contribution >= 4 is 39.3 Å². The molecule has 9 heteroatoms. The van der Waals surface area contributed by atoms with Gasteiger partial charge in [-0.05, 0) is 25.3 Å². The Kier molecular flexibility index (Phi) is 5.49. The molecular weight excluding hydrogens is 338 g/mol. The first-order valence-electron chi connectivity index (χ1n) is 7.51. The normalized spacial score (nSPS) is 20.8. The van der Waals surface area contributed by atoms with Crippen LogP contribution in [0.4, 0.5) is 5.82 Å². The van der Waals surface area contributed by atoms with E-state index in [4.69, 9.17) is 0 Å². The highest BCUT2D eigenvalue weighted by Gasteiger charge is 2.35. The fourth-order valence-electron chi connectivity index (χ4n) is 2.89. The number of sulfonamides is 1. The van der Waals surface area contributed by atoms with Crippen molar-refractivity contribution in [2.75, 3.05) is 17.7 Å². The average molecular weight is 360 g/mol. The first kappa shape index (κ1) is 18.0. The molecule has 0 aromatic carbocycles. The number of halogens is 1. The van der Waals surface area contributed by atoms with E-state index in [0.29, 0.717) is 12.5 Å². The molecule has 0 unspecified atom stereocenters. The molecule has 1 fully saturated rings. The molecule has 0 spiro atoms. The third-order valence-electron chi connectivity index (χ3n) is 4.15. The Bertz CT molecular complexity index is 757. The summed E-state index contributed by atoms with van der Waals surface area (Å²) < 4.78 is 26.3. The number of aromatic amines is 1. The molecule has 1 saturated carbocycles. The number of hydrogen-bond acceptors (Lipinski definition) is 5. The molecule has 2 aromatic heterocycles. The molecule has 0 saturated heterocycles. The topological polar surface area (TPSA) is 91.0 Å². The van der Waals surface area contributed by atoms with Crippen LogP contribution in [0, 0.1) is 0 Å². The van der Waals surface area contributed by atoms with Crippen LogP contribution in [0.25, 0.3) is 11.0 Å².